The summed E-state index contributed by atoms with van der Waals surface area (Å²) in [5.74, 6) is 0.660. The zero-order valence-corrected chi connectivity index (χ0v) is 16.6. The van der Waals surface area contributed by atoms with Gasteiger partial charge >= 0.3 is 0 Å². The van der Waals surface area contributed by atoms with Crippen LogP contribution in [0.4, 0.5) is 11.4 Å². The molecule has 2 heterocycles. The first-order valence-electron chi connectivity index (χ1n) is 9.39. The van der Waals surface area contributed by atoms with Crippen LogP contribution in [-0.2, 0) is 6.54 Å². The number of nitriles is 1. The van der Waals surface area contributed by atoms with Crippen LogP contribution in [-0.4, -0.2) is 17.9 Å². The highest BCUT2D eigenvalue weighted by Crippen LogP contribution is 2.39. The number of ether oxygens (including phenoxy) is 1. The Kier molecular flexibility index (Phi) is 5.19. The second kappa shape index (κ2) is 8.10. The molecule has 6 nitrogen and oxygen atoms in total. The molecule has 0 saturated carbocycles. The molecule has 0 bridgehead atoms. The van der Waals surface area contributed by atoms with Gasteiger partial charge in [-0.1, -0.05) is 6.07 Å². The van der Waals surface area contributed by atoms with Crippen molar-refractivity contribution in [2.24, 2.45) is 0 Å². The number of ketones is 1. The Hall–Kier alpha value is -4.11. The molecule has 0 aliphatic carbocycles. The topological polar surface area (TPSA) is 79.4 Å². The van der Waals surface area contributed by atoms with Gasteiger partial charge in [-0.15, -0.1) is 0 Å². The number of methoxy groups -OCH3 is 1. The average molecular weight is 397 g/mol. The lowest BCUT2D eigenvalue weighted by Gasteiger charge is -2.26. The highest BCUT2D eigenvalue weighted by molar-refractivity contribution is 6.02. The smallest absolute Gasteiger partial charge is 0.194 e. The van der Waals surface area contributed by atoms with Crippen molar-refractivity contribution >= 4 is 28.1 Å². The number of rotatable bonds is 6. The van der Waals surface area contributed by atoms with Gasteiger partial charge in [0, 0.05) is 36.9 Å². The summed E-state index contributed by atoms with van der Waals surface area (Å²) in [5.41, 5.74) is 3.81. The van der Waals surface area contributed by atoms with Gasteiger partial charge in [-0.2, -0.15) is 5.26 Å². The summed E-state index contributed by atoms with van der Waals surface area (Å²) in [6.07, 6.45) is 3.49. The van der Waals surface area contributed by atoms with Gasteiger partial charge < -0.3 is 14.1 Å². The Morgan fingerprint density at radius 1 is 1.17 bits per heavy atom. The van der Waals surface area contributed by atoms with Crippen LogP contribution in [0.1, 0.15) is 28.6 Å². The SMILES string of the molecule is COc1ccc(N(Cc2ccncc2)c2cccc(C#N)c2)c2cc(C(C)=O)oc12. The minimum Gasteiger partial charge on any atom is -0.493 e. The Balaban J connectivity index is 1.93. The van der Waals surface area contributed by atoms with Gasteiger partial charge in [0.05, 0.1) is 24.4 Å². The molecule has 0 N–H and O–H groups in total. The van der Waals surface area contributed by atoms with Crippen molar-refractivity contribution in [1.82, 2.24) is 4.98 Å². The number of furan rings is 1. The van der Waals surface area contributed by atoms with E-state index in [1.807, 2.05) is 42.5 Å². The first kappa shape index (κ1) is 19.2. The molecular weight excluding hydrogens is 378 g/mol. The highest BCUT2D eigenvalue weighted by Gasteiger charge is 2.20. The van der Waals surface area contributed by atoms with Gasteiger partial charge in [-0.3, -0.25) is 9.78 Å². The van der Waals surface area contributed by atoms with E-state index in [0.29, 0.717) is 23.4 Å². The van der Waals surface area contributed by atoms with E-state index in [-0.39, 0.29) is 11.5 Å². The monoisotopic (exact) mass is 397 g/mol. The van der Waals surface area contributed by atoms with Crippen molar-refractivity contribution in [1.29, 1.82) is 5.26 Å². The number of carbonyl (C=O) groups excluding carboxylic acids is 1. The molecule has 0 aliphatic heterocycles. The summed E-state index contributed by atoms with van der Waals surface area (Å²) < 4.78 is 11.3. The third-order valence-corrected chi connectivity index (χ3v) is 4.86. The Labute approximate surface area is 173 Å². The summed E-state index contributed by atoms with van der Waals surface area (Å²) in [7, 11) is 1.57. The van der Waals surface area contributed by atoms with Crippen LogP contribution in [0.3, 0.4) is 0 Å². The molecule has 0 unspecified atom stereocenters. The zero-order valence-electron chi connectivity index (χ0n) is 16.6. The molecule has 6 heteroatoms. The van der Waals surface area contributed by atoms with E-state index in [1.165, 1.54) is 6.92 Å². The van der Waals surface area contributed by atoms with Crippen LogP contribution in [0.5, 0.6) is 5.75 Å². The molecule has 0 radical (unpaired) electrons. The fourth-order valence-corrected chi connectivity index (χ4v) is 3.38. The van der Waals surface area contributed by atoms with E-state index in [4.69, 9.17) is 9.15 Å². The van der Waals surface area contributed by atoms with Gasteiger partial charge in [-0.05, 0) is 54.1 Å². The van der Waals surface area contributed by atoms with E-state index < -0.39 is 0 Å². The number of hydrogen-bond donors (Lipinski definition) is 0. The van der Waals surface area contributed by atoms with Crippen molar-refractivity contribution in [3.8, 4) is 11.8 Å². The molecule has 148 valence electrons. The molecule has 4 aromatic rings. The summed E-state index contributed by atoms with van der Waals surface area (Å²) in [6, 6.07) is 19.0. The average Bonchev–Trinajstić information content (AvgIpc) is 3.24. The molecule has 30 heavy (non-hydrogen) atoms. The van der Waals surface area contributed by atoms with Crippen LogP contribution < -0.4 is 9.64 Å². The number of carbonyl (C=O) groups is 1. The number of anilines is 2. The lowest BCUT2D eigenvalue weighted by Crippen LogP contribution is -2.17. The Bertz CT molecular complexity index is 1260. The fraction of sp³-hybridized carbons (Fsp3) is 0.125. The highest BCUT2D eigenvalue weighted by atomic mass is 16.5. The largest absolute Gasteiger partial charge is 0.493 e. The molecule has 0 amide bonds. The third kappa shape index (κ3) is 3.61. The molecule has 0 aliphatic rings. The second-order valence-electron chi connectivity index (χ2n) is 6.80. The van der Waals surface area contributed by atoms with Crippen LogP contribution in [0, 0.1) is 11.3 Å². The van der Waals surface area contributed by atoms with Gasteiger partial charge in [0.1, 0.15) is 0 Å². The lowest BCUT2D eigenvalue weighted by molar-refractivity contribution is 0.0989. The number of nitrogens with zero attached hydrogens (tertiary/aromatic N) is 3. The predicted molar refractivity (Wildman–Crippen MR) is 114 cm³/mol. The summed E-state index contributed by atoms with van der Waals surface area (Å²) in [6.45, 7) is 2.01. The molecule has 0 saturated heterocycles. The molecular formula is C24H19N3O3. The minimum absolute atomic E-state index is 0.161. The second-order valence-corrected chi connectivity index (χ2v) is 6.80. The number of Topliss-reactive ketones (excluding diaryl/α,β-unsaturated/α-hetero) is 1. The first-order valence-corrected chi connectivity index (χ1v) is 9.39. The maximum Gasteiger partial charge on any atom is 0.194 e. The fourth-order valence-electron chi connectivity index (χ4n) is 3.38. The molecule has 2 aromatic carbocycles. The molecule has 0 fully saturated rings. The third-order valence-electron chi connectivity index (χ3n) is 4.86. The van der Waals surface area contributed by atoms with Gasteiger partial charge in [0.25, 0.3) is 0 Å². The number of benzene rings is 2. The number of pyridine rings is 1. The zero-order chi connectivity index (χ0) is 21.1. The van der Waals surface area contributed by atoms with Crippen LogP contribution >= 0.6 is 0 Å². The summed E-state index contributed by atoms with van der Waals surface area (Å²) in [5, 5.41) is 10.1. The molecule has 4 rings (SSSR count). The Morgan fingerprint density at radius 2 is 1.97 bits per heavy atom. The van der Waals surface area contributed by atoms with Gasteiger partial charge in [0.15, 0.2) is 22.9 Å². The van der Waals surface area contributed by atoms with Crippen molar-refractivity contribution < 1.29 is 13.9 Å². The van der Waals surface area contributed by atoms with Gasteiger partial charge in [-0.25, -0.2) is 0 Å². The first-order chi connectivity index (χ1) is 14.6. The molecule has 2 aromatic heterocycles. The van der Waals surface area contributed by atoms with Gasteiger partial charge in [0.2, 0.25) is 0 Å². The minimum atomic E-state index is -0.161. The number of fused-ring (bicyclic) bond motifs is 1. The van der Waals surface area contributed by atoms with Crippen molar-refractivity contribution in [2.45, 2.75) is 13.5 Å². The maximum atomic E-state index is 11.9. The lowest BCUT2D eigenvalue weighted by atomic mass is 10.1. The summed E-state index contributed by atoms with van der Waals surface area (Å²) in [4.78, 5) is 18.1. The van der Waals surface area contributed by atoms with Crippen molar-refractivity contribution in [3.63, 3.8) is 0 Å². The van der Waals surface area contributed by atoms with E-state index in [1.54, 1.807) is 31.6 Å². The van der Waals surface area contributed by atoms with E-state index in [9.17, 15) is 10.1 Å². The van der Waals surface area contributed by atoms with E-state index >= 15 is 0 Å². The van der Waals surface area contributed by atoms with E-state index in [2.05, 4.69) is 16.0 Å². The van der Waals surface area contributed by atoms with Crippen LogP contribution in [0.25, 0.3) is 11.0 Å². The number of aromatic nitrogens is 1. The molecule has 0 spiro atoms. The Morgan fingerprint density at radius 3 is 2.67 bits per heavy atom. The predicted octanol–water partition coefficient (Wildman–Crippen LogP) is 5.25. The quantitative estimate of drug-likeness (QED) is 0.414. The van der Waals surface area contributed by atoms with E-state index in [0.717, 1.165) is 22.3 Å². The summed E-state index contributed by atoms with van der Waals surface area (Å²) >= 11 is 0. The van der Waals surface area contributed by atoms with Crippen LogP contribution in [0.15, 0.2) is 71.4 Å². The van der Waals surface area contributed by atoms with Crippen molar-refractivity contribution in [2.75, 3.05) is 12.0 Å². The number of hydrogen-bond acceptors (Lipinski definition) is 6. The van der Waals surface area contributed by atoms with Crippen molar-refractivity contribution in [3.05, 3.63) is 83.9 Å². The standard InChI is InChI=1S/C24H19N3O3/c1-16(28)23-13-20-21(6-7-22(29-2)24(20)30-23)27(15-17-8-10-26-11-9-17)19-5-3-4-18(12-19)14-25/h3-13H,15H2,1-2H3. The normalized spacial score (nSPS) is 10.6. The molecule has 0 atom stereocenters. The van der Waals surface area contributed by atoms with Crippen LogP contribution in [0.2, 0.25) is 0 Å². The maximum absolute atomic E-state index is 11.9.